The summed E-state index contributed by atoms with van der Waals surface area (Å²) >= 11 is 0. The van der Waals surface area contributed by atoms with Crippen LogP contribution >= 0.6 is 0 Å². The molecule has 58 valence electrons. The van der Waals surface area contributed by atoms with Crippen LogP contribution in [0.3, 0.4) is 0 Å². The Balaban J connectivity index is 3.83. The number of carbonyl (C=O) groups is 2. The van der Waals surface area contributed by atoms with Gasteiger partial charge in [-0.2, -0.15) is 0 Å². The molecule has 0 bridgehead atoms. The van der Waals surface area contributed by atoms with Gasteiger partial charge in [0.1, 0.15) is 0 Å². The number of amides is 1. The molecule has 0 saturated heterocycles. The van der Waals surface area contributed by atoms with Gasteiger partial charge in [-0.3, -0.25) is 9.59 Å². The Bertz CT molecular complexity index is 142. The van der Waals surface area contributed by atoms with E-state index in [4.69, 9.17) is 5.11 Å². The fourth-order valence-corrected chi connectivity index (χ4v) is 0.458. The van der Waals surface area contributed by atoms with Gasteiger partial charge in [0.15, 0.2) is 0 Å². The lowest BCUT2D eigenvalue weighted by molar-refractivity contribution is -0.143. The van der Waals surface area contributed by atoms with Crippen LogP contribution < -0.4 is 0 Å². The Hall–Kier alpha value is -0.900. The lowest BCUT2D eigenvalue weighted by Gasteiger charge is -2.06. The number of likely N-dealkylation sites (N-methyl/N-ethyl adjacent to an activating group) is 1. The van der Waals surface area contributed by atoms with Crippen LogP contribution in [0.4, 0.5) is 0 Å². The molecule has 0 aliphatic heterocycles. The van der Waals surface area contributed by atoms with Crippen LogP contribution in [0.25, 0.3) is 0 Å². The van der Waals surface area contributed by atoms with E-state index in [0.29, 0.717) is 0 Å². The summed E-state index contributed by atoms with van der Waals surface area (Å²) in [6.45, 7) is -0.265. The first-order valence-corrected chi connectivity index (χ1v) is 2.95. The maximum atomic E-state index is 10.7. The van der Waals surface area contributed by atoms with E-state index in [1.807, 2.05) is 0 Å². The molecule has 0 aliphatic rings. The summed E-state index contributed by atoms with van der Waals surface area (Å²) in [6.07, 6.45) is -0.0863. The van der Waals surface area contributed by atoms with Gasteiger partial charge in [0.2, 0.25) is 5.78 Å². The number of hydrogen-bond acceptors (Lipinski definition) is 3. The lowest BCUT2D eigenvalue weighted by atomic mass is 10.3. The molecule has 4 heteroatoms. The molecule has 0 spiro atoms. The van der Waals surface area contributed by atoms with Crippen molar-refractivity contribution in [1.82, 2.24) is 4.90 Å². The van der Waals surface area contributed by atoms with Gasteiger partial charge in [-0.05, 0) is 0 Å². The highest BCUT2D eigenvalue weighted by atomic mass is 16.3. The van der Waals surface area contributed by atoms with Crippen LogP contribution in [0.15, 0.2) is 0 Å². The first-order chi connectivity index (χ1) is 4.59. The van der Waals surface area contributed by atoms with Gasteiger partial charge >= 0.3 is 0 Å². The van der Waals surface area contributed by atoms with Crippen molar-refractivity contribution in [2.45, 2.75) is 6.42 Å². The van der Waals surface area contributed by atoms with Crippen molar-refractivity contribution < 1.29 is 14.7 Å². The smallest absolute Gasteiger partial charge is 0.289 e. The van der Waals surface area contributed by atoms with Crippen LogP contribution in [0.5, 0.6) is 0 Å². The van der Waals surface area contributed by atoms with E-state index in [1.54, 1.807) is 0 Å². The predicted octanol–water partition coefficient (Wildman–Crippen LogP) is -0.974. The molecule has 1 amide bonds. The minimum absolute atomic E-state index is 0.0863. The van der Waals surface area contributed by atoms with Gasteiger partial charge in [-0.25, -0.2) is 0 Å². The molecule has 1 N–H and O–H groups in total. The fourth-order valence-electron chi connectivity index (χ4n) is 0.458. The summed E-state index contributed by atoms with van der Waals surface area (Å²) in [7, 11) is 3.00. The zero-order chi connectivity index (χ0) is 8.15. The zero-order valence-electron chi connectivity index (χ0n) is 6.13. The van der Waals surface area contributed by atoms with E-state index in [0.717, 1.165) is 0 Å². The third-order valence-corrected chi connectivity index (χ3v) is 0.984. The first kappa shape index (κ1) is 9.10. The molecule has 0 aromatic carbocycles. The molecule has 4 nitrogen and oxygen atoms in total. The van der Waals surface area contributed by atoms with Crippen molar-refractivity contribution >= 4 is 11.7 Å². The number of carbonyl (C=O) groups excluding carboxylic acids is 2. The molecule has 0 aromatic rings. The number of hydrogen-bond donors (Lipinski definition) is 1. The quantitative estimate of drug-likeness (QED) is 0.519. The largest absolute Gasteiger partial charge is 0.396 e. The Morgan fingerprint density at radius 3 is 2.20 bits per heavy atom. The second-order valence-corrected chi connectivity index (χ2v) is 2.10. The third-order valence-electron chi connectivity index (χ3n) is 0.984. The van der Waals surface area contributed by atoms with Crippen LogP contribution in [-0.4, -0.2) is 42.4 Å². The number of ketones is 1. The average Bonchev–Trinajstić information content (AvgIpc) is 1.87. The number of nitrogens with zero attached hydrogens (tertiary/aromatic N) is 1. The van der Waals surface area contributed by atoms with Gasteiger partial charge in [0.05, 0.1) is 6.61 Å². The molecular formula is C6H11NO3. The second kappa shape index (κ2) is 4.00. The molecule has 0 unspecified atom stereocenters. The van der Waals surface area contributed by atoms with Crippen molar-refractivity contribution in [3.63, 3.8) is 0 Å². The fraction of sp³-hybridized carbons (Fsp3) is 0.667. The monoisotopic (exact) mass is 145 g/mol. The van der Waals surface area contributed by atoms with Crippen LogP contribution in [0.1, 0.15) is 6.42 Å². The standard InChI is InChI=1S/C6H11NO3/c1-7(2)6(10)5(9)3-4-8/h8H,3-4H2,1-2H3. The Morgan fingerprint density at radius 1 is 1.40 bits per heavy atom. The van der Waals surface area contributed by atoms with E-state index in [-0.39, 0.29) is 13.0 Å². The van der Waals surface area contributed by atoms with Crippen LogP contribution in [0.2, 0.25) is 0 Å². The van der Waals surface area contributed by atoms with Crippen molar-refractivity contribution in [1.29, 1.82) is 0 Å². The van der Waals surface area contributed by atoms with Crippen LogP contribution in [-0.2, 0) is 9.59 Å². The Labute approximate surface area is 59.4 Å². The van der Waals surface area contributed by atoms with E-state index < -0.39 is 11.7 Å². The summed E-state index contributed by atoms with van der Waals surface area (Å²) in [4.78, 5) is 22.5. The maximum absolute atomic E-state index is 10.7. The lowest BCUT2D eigenvalue weighted by Crippen LogP contribution is -2.30. The average molecular weight is 145 g/mol. The van der Waals surface area contributed by atoms with E-state index in [9.17, 15) is 9.59 Å². The summed E-state index contributed by atoms with van der Waals surface area (Å²) in [5.74, 6) is -1.11. The number of aliphatic hydroxyl groups is 1. The minimum atomic E-state index is -0.561. The van der Waals surface area contributed by atoms with Gasteiger partial charge in [-0.15, -0.1) is 0 Å². The Morgan fingerprint density at radius 2 is 1.90 bits per heavy atom. The molecule has 0 atom stereocenters. The van der Waals surface area contributed by atoms with E-state index >= 15 is 0 Å². The van der Waals surface area contributed by atoms with Gasteiger partial charge in [0, 0.05) is 20.5 Å². The molecule has 0 saturated carbocycles. The summed E-state index contributed by atoms with van der Waals surface area (Å²) in [5, 5.41) is 8.28. The number of rotatable bonds is 3. The van der Waals surface area contributed by atoms with Crippen molar-refractivity contribution in [2.24, 2.45) is 0 Å². The molecule has 0 rings (SSSR count). The zero-order valence-corrected chi connectivity index (χ0v) is 6.13. The highest BCUT2D eigenvalue weighted by Crippen LogP contribution is 1.86. The normalized spacial score (nSPS) is 9.10. The summed E-state index contributed by atoms with van der Waals surface area (Å²) in [5.41, 5.74) is 0. The number of aliphatic hydroxyl groups excluding tert-OH is 1. The summed E-state index contributed by atoms with van der Waals surface area (Å²) < 4.78 is 0. The van der Waals surface area contributed by atoms with E-state index in [2.05, 4.69) is 0 Å². The summed E-state index contributed by atoms with van der Waals surface area (Å²) in [6, 6.07) is 0. The van der Waals surface area contributed by atoms with Gasteiger partial charge in [0.25, 0.3) is 5.91 Å². The second-order valence-electron chi connectivity index (χ2n) is 2.10. The Kier molecular flexibility index (Phi) is 3.64. The molecular weight excluding hydrogens is 134 g/mol. The highest BCUT2D eigenvalue weighted by molar-refractivity contribution is 6.35. The van der Waals surface area contributed by atoms with E-state index in [1.165, 1.54) is 19.0 Å². The molecule has 0 aromatic heterocycles. The molecule has 0 heterocycles. The maximum Gasteiger partial charge on any atom is 0.289 e. The van der Waals surface area contributed by atoms with Crippen molar-refractivity contribution in [2.75, 3.05) is 20.7 Å². The molecule has 0 radical (unpaired) electrons. The molecule has 0 fully saturated rings. The molecule has 0 aliphatic carbocycles. The SMILES string of the molecule is CN(C)C(=O)C(=O)CCO. The minimum Gasteiger partial charge on any atom is -0.396 e. The highest BCUT2D eigenvalue weighted by Gasteiger charge is 2.13. The van der Waals surface area contributed by atoms with Gasteiger partial charge < -0.3 is 10.0 Å². The molecule has 10 heavy (non-hydrogen) atoms. The predicted molar refractivity (Wildman–Crippen MR) is 35.4 cm³/mol. The number of Topliss-reactive ketones (excluding diaryl/α,β-unsaturated/α-hetero) is 1. The van der Waals surface area contributed by atoms with Crippen LogP contribution in [0, 0.1) is 0 Å². The first-order valence-electron chi connectivity index (χ1n) is 2.95. The van der Waals surface area contributed by atoms with Crippen molar-refractivity contribution in [3.8, 4) is 0 Å². The topological polar surface area (TPSA) is 57.6 Å². The third kappa shape index (κ3) is 2.59. The van der Waals surface area contributed by atoms with Crippen molar-refractivity contribution in [3.05, 3.63) is 0 Å². The van der Waals surface area contributed by atoms with Gasteiger partial charge in [-0.1, -0.05) is 0 Å².